The summed E-state index contributed by atoms with van der Waals surface area (Å²) in [6.45, 7) is 2.60. The average molecular weight is 343 g/mol. The number of hydrogen-bond acceptors (Lipinski definition) is 3. The molecule has 0 saturated heterocycles. The predicted octanol–water partition coefficient (Wildman–Crippen LogP) is 4.50. The number of aryl methyl sites for hydroxylation is 1. The van der Waals surface area contributed by atoms with Crippen molar-refractivity contribution < 1.29 is 13.9 Å². The van der Waals surface area contributed by atoms with Crippen molar-refractivity contribution in [1.82, 2.24) is 4.90 Å². The number of thiophene rings is 1. The molecule has 3 rings (SSSR count). The molecule has 0 aliphatic heterocycles. The summed E-state index contributed by atoms with van der Waals surface area (Å²) in [7, 11) is 1.73. The van der Waals surface area contributed by atoms with Crippen LogP contribution in [0.15, 0.2) is 48.5 Å². The molecule has 0 N–H and O–H groups in total. The van der Waals surface area contributed by atoms with E-state index in [1.165, 1.54) is 17.4 Å². The number of carbonyl (C=O) groups is 1. The van der Waals surface area contributed by atoms with Crippen molar-refractivity contribution in [2.75, 3.05) is 20.2 Å². The Kier molecular flexibility index (Phi) is 4.81. The van der Waals surface area contributed by atoms with Crippen LogP contribution in [-0.2, 0) is 0 Å². The van der Waals surface area contributed by atoms with Gasteiger partial charge in [0.1, 0.15) is 6.61 Å². The fourth-order valence-corrected chi connectivity index (χ4v) is 3.71. The van der Waals surface area contributed by atoms with Crippen LogP contribution < -0.4 is 4.74 Å². The Morgan fingerprint density at radius 2 is 1.88 bits per heavy atom. The Hall–Kier alpha value is -2.40. The maximum Gasteiger partial charge on any atom is 0.264 e. The lowest BCUT2D eigenvalue weighted by atomic mass is 10.1. The number of halogens is 1. The number of nitrogens with zero attached hydrogens (tertiary/aromatic N) is 1. The first-order valence-electron chi connectivity index (χ1n) is 7.69. The Morgan fingerprint density at radius 3 is 2.62 bits per heavy atom. The van der Waals surface area contributed by atoms with Crippen molar-refractivity contribution in [2.45, 2.75) is 6.92 Å². The van der Waals surface area contributed by atoms with Gasteiger partial charge in [0.2, 0.25) is 0 Å². The highest BCUT2D eigenvalue weighted by atomic mass is 32.1. The van der Waals surface area contributed by atoms with E-state index in [9.17, 15) is 9.18 Å². The summed E-state index contributed by atoms with van der Waals surface area (Å²) >= 11 is 1.50. The van der Waals surface area contributed by atoms with Gasteiger partial charge < -0.3 is 9.64 Å². The molecule has 5 heteroatoms. The summed E-state index contributed by atoms with van der Waals surface area (Å²) < 4.78 is 20.0. The number of amides is 1. The smallest absolute Gasteiger partial charge is 0.264 e. The second-order valence-electron chi connectivity index (χ2n) is 5.56. The molecule has 1 amide bonds. The third-order valence-electron chi connectivity index (χ3n) is 3.91. The van der Waals surface area contributed by atoms with Gasteiger partial charge in [-0.2, -0.15) is 0 Å². The van der Waals surface area contributed by atoms with Crippen LogP contribution in [0.4, 0.5) is 4.39 Å². The standard InChI is InChI=1S/C19H18FNO2S/c1-13-14-7-3-6-10-17(14)24-18(13)19(22)21(2)11-12-23-16-9-5-4-8-15(16)20/h3-10H,11-12H2,1-2H3. The van der Waals surface area contributed by atoms with Crippen molar-refractivity contribution in [3.8, 4) is 5.75 Å². The summed E-state index contributed by atoms with van der Waals surface area (Å²) in [4.78, 5) is 15.0. The second-order valence-corrected chi connectivity index (χ2v) is 6.61. The van der Waals surface area contributed by atoms with Crippen LogP contribution >= 0.6 is 11.3 Å². The number of rotatable bonds is 5. The summed E-state index contributed by atoms with van der Waals surface area (Å²) in [5.74, 6) is -0.228. The van der Waals surface area contributed by atoms with Crippen LogP contribution in [0.25, 0.3) is 10.1 Å². The SMILES string of the molecule is Cc1c(C(=O)N(C)CCOc2ccccc2F)sc2ccccc12. The zero-order chi connectivity index (χ0) is 17.1. The highest BCUT2D eigenvalue weighted by Gasteiger charge is 2.18. The van der Waals surface area contributed by atoms with Crippen molar-refractivity contribution in [1.29, 1.82) is 0 Å². The normalized spacial score (nSPS) is 10.8. The fraction of sp³-hybridized carbons (Fsp3) is 0.211. The van der Waals surface area contributed by atoms with Crippen LogP contribution in [-0.4, -0.2) is 31.0 Å². The minimum atomic E-state index is -0.396. The summed E-state index contributed by atoms with van der Waals surface area (Å²) in [5, 5.41) is 1.11. The molecule has 3 nitrogen and oxygen atoms in total. The van der Waals surface area contributed by atoms with Crippen molar-refractivity contribution in [3.05, 3.63) is 64.8 Å². The van der Waals surface area contributed by atoms with Gasteiger partial charge in [0.05, 0.1) is 11.4 Å². The molecule has 0 bridgehead atoms. The highest BCUT2D eigenvalue weighted by Crippen LogP contribution is 2.31. The van der Waals surface area contributed by atoms with E-state index in [2.05, 4.69) is 0 Å². The third kappa shape index (κ3) is 3.26. The lowest BCUT2D eigenvalue weighted by Gasteiger charge is -2.17. The Morgan fingerprint density at radius 1 is 1.17 bits per heavy atom. The number of ether oxygens (including phenoxy) is 1. The molecule has 0 saturated carbocycles. The van der Waals surface area contributed by atoms with Gasteiger partial charge in [-0.05, 0) is 36.1 Å². The van der Waals surface area contributed by atoms with Crippen molar-refractivity contribution in [3.63, 3.8) is 0 Å². The molecule has 24 heavy (non-hydrogen) atoms. The van der Waals surface area contributed by atoms with Gasteiger partial charge in [-0.3, -0.25) is 4.79 Å². The van der Waals surface area contributed by atoms with Gasteiger partial charge in [-0.15, -0.1) is 11.3 Å². The van der Waals surface area contributed by atoms with Gasteiger partial charge in [-0.1, -0.05) is 30.3 Å². The average Bonchev–Trinajstić information content (AvgIpc) is 2.93. The fourth-order valence-electron chi connectivity index (χ4n) is 2.51. The maximum absolute atomic E-state index is 13.5. The van der Waals surface area contributed by atoms with Gasteiger partial charge in [-0.25, -0.2) is 4.39 Å². The zero-order valence-electron chi connectivity index (χ0n) is 13.6. The van der Waals surface area contributed by atoms with Crippen molar-refractivity contribution >= 4 is 27.3 Å². The molecular formula is C19H18FNO2S. The zero-order valence-corrected chi connectivity index (χ0v) is 14.4. The predicted molar refractivity (Wildman–Crippen MR) is 95.4 cm³/mol. The van der Waals surface area contributed by atoms with Gasteiger partial charge in [0.15, 0.2) is 11.6 Å². The third-order valence-corrected chi connectivity index (χ3v) is 5.17. The van der Waals surface area contributed by atoms with Gasteiger partial charge in [0.25, 0.3) is 5.91 Å². The number of benzene rings is 2. The summed E-state index contributed by atoms with van der Waals surface area (Å²) in [6, 6.07) is 14.2. The first-order chi connectivity index (χ1) is 11.6. The summed E-state index contributed by atoms with van der Waals surface area (Å²) in [6.07, 6.45) is 0. The van der Waals surface area contributed by atoms with Crippen LogP contribution in [0.2, 0.25) is 0 Å². The molecule has 0 fully saturated rings. The Bertz CT molecular complexity index is 875. The topological polar surface area (TPSA) is 29.5 Å². The van der Waals surface area contributed by atoms with E-state index in [-0.39, 0.29) is 18.3 Å². The van der Waals surface area contributed by atoms with E-state index in [4.69, 9.17) is 4.74 Å². The molecule has 1 heterocycles. The molecule has 0 aliphatic rings. The number of hydrogen-bond donors (Lipinski definition) is 0. The van der Waals surface area contributed by atoms with Gasteiger partial charge in [0, 0.05) is 11.7 Å². The first kappa shape index (κ1) is 16.5. The minimum absolute atomic E-state index is 0.0363. The Balaban J connectivity index is 1.66. The molecule has 0 atom stereocenters. The first-order valence-corrected chi connectivity index (χ1v) is 8.50. The molecule has 0 aliphatic carbocycles. The molecule has 0 unspecified atom stereocenters. The molecule has 2 aromatic carbocycles. The monoisotopic (exact) mass is 343 g/mol. The van der Waals surface area contributed by atoms with Crippen LogP contribution in [0.3, 0.4) is 0 Å². The van der Waals surface area contributed by atoms with E-state index in [1.807, 2.05) is 31.2 Å². The second kappa shape index (κ2) is 7.01. The van der Waals surface area contributed by atoms with E-state index in [0.717, 1.165) is 20.5 Å². The number of para-hydroxylation sites is 1. The summed E-state index contributed by atoms with van der Waals surface area (Å²) in [5.41, 5.74) is 1.00. The van der Waals surface area contributed by atoms with E-state index < -0.39 is 5.82 Å². The lowest BCUT2D eigenvalue weighted by molar-refractivity contribution is 0.0777. The molecule has 0 spiro atoms. The molecular weight excluding hydrogens is 325 g/mol. The lowest BCUT2D eigenvalue weighted by Crippen LogP contribution is -2.30. The molecule has 1 aromatic heterocycles. The van der Waals surface area contributed by atoms with Crippen LogP contribution in [0, 0.1) is 12.7 Å². The van der Waals surface area contributed by atoms with Crippen LogP contribution in [0.1, 0.15) is 15.2 Å². The molecule has 3 aromatic rings. The number of likely N-dealkylation sites (N-methyl/N-ethyl adjacent to an activating group) is 1. The van der Waals surface area contributed by atoms with Gasteiger partial charge >= 0.3 is 0 Å². The highest BCUT2D eigenvalue weighted by molar-refractivity contribution is 7.21. The maximum atomic E-state index is 13.5. The van der Waals surface area contributed by atoms with E-state index in [1.54, 1.807) is 30.1 Å². The van der Waals surface area contributed by atoms with E-state index >= 15 is 0 Å². The quantitative estimate of drug-likeness (QED) is 0.683. The van der Waals surface area contributed by atoms with E-state index in [0.29, 0.717) is 6.54 Å². The Labute approximate surface area is 144 Å². The molecule has 124 valence electrons. The largest absolute Gasteiger partial charge is 0.489 e. The van der Waals surface area contributed by atoms with Crippen molar-refractivity contribution in [2.24, 2.45) is 0 Å². The number of carbonyl (C=O) groups excluding carboxylic acids is 1. The van der Waals surface area contributed by atoms with Crippen LogP contribution in [0.5, 0.6) is 5.75 Å². The molecule has 0 radical (unpaired) electrons. The minimum Gasteiger partial charge on any atom is -0.489 e. The number of fused-ring (bicyclic) bond motifs is 1.